The van der Waals surface area contributed by atoms with Crippen LogP contribution >= 0.6 is 0 Å². The molecule has 0 radical (unpaired) electrons. The third-order valence-electron chi connectivity index (χ3n) is 4.86. The zero-order valence-electron chi connectivity index (χ0n) is 17.6. The molecule has 0 aliphatic rings. The van der Waals surface area contributed by atoms with Crippen LogP contribution in [0.4, 0.5) is 5.69 Å². The van der Waals surface area contributed by atoms with Gasteiger partial charge >= 0.3 is 0 Å². The molecule has 0 unspecified atom stereocenters. The van der Waals surface area contributed by atoms with E-state index in [4.69, 9.17) is 4.74 Å². The molecule has 6 nitrogen and oxygen atoms in total. The van der Waals surface area contributed by atoms with Gasteiger partial charge in [0, 0.05) is 5.56 Å². The predicted molar refractivity (Wildman–Crippen MR) is 122 cm³/mol. The van der Waals surface area contributed by atoms with Crippen LogP contribution < -0.4 is 14.8 Å². The average Bonchev–Trinajstić information content (AvgIpc) is 2.79. The van der Waals surface area contributed by atoms with Crippen LogP contribution in [0.15, 0.2) is 77.7 Å². The second kappa shape index (κ2) is 10.1. The van der Waals surface area contributed by atoms with Gasteiger partial charge in [-0.25, -0.2) is 8.42 Å². The number of carbonyl (C=O) groups is 1. The van der Waals surface area contributed by atoms with E-state index in [1.165, 1.54) is 17.7 Å². The number of anilines is 1. The quantitative estimate of drug-likeness (QED) is 0.491. The highest BCUT2D eigenvalue weighted by molar-refractivity contribution is 7.92. The molecule has 162 valence electrons. The summed E-state index contributed by atoms with van der Waals surface area (Å²) in [7, 11) is -3.74. The van der Waals surface area contributed by atoms with E-state index in [1.54, 1.807) is 43.3 Å². The summed E-state index contributed by atoms with van der Waals surface area (Å²) in [4.78, 5) is 12.8. The summed E-state index contributed by atoms with van der Waals surface area (Å²) in [6.07, 6.45) is 0.969. The van der Waals surface area contributed by atoms with E-state index < -0.39 is 10.0 Å². The number of rotatable bonds is 9. The van der Waals surface area contributed by atoms with Gasteiger partial charge in [-0.2, -0.15) is 0 Å². The van der Waals surface area contributed by atoms with Gasteiger partial charge in [0.1, 0.15) is 12.4 Å². The first-order valence-corrected chi connectivity index (χ1v) is 11.6. The minimum absolute atomic E-state index is 0.161. The topological polar surface area (TPSA) is 84.5 Å². The number of hydrogen-bond donors (Lipinski definition) is 2. The number of ether oxygens (including phenoxy) is 1. The number of sulfonamides is 1. The molecule has 0 heterocycles. The van der Waals surface area contributed by atoms with Crippen LogP contribution in [0.2, 0.25) is 0 Å². The molecule has 7 heteroatoms. The van der Waals surface area contributed by atoms with Crippen molar-refractivity contribution >= 4 is 21.6 Å². The lowest BCUT2D eigenvalue weighted by molar-refractivity contribution is 0.0946. The zero-order chi connectivity index (χ0) is 22.3. The van der Waals surface area contributed by atoms with E-state index in [9.17, 15) is 13.2 Å². The Labute approximate surface area is 183 Å². The van der Waals surface area contributed by atoms with E-state index in [1.807, 2.05) is 24.3 Å². The maximum absolute atomic E-state index is 12.6. The van der Waals surface area contributed by atoms with Crippen molar-refractivity contribution in [3.63, 3.8) is 0 Å². The minimum Gasteiger partial charge on any atom is -0.492 e. The second-order valence-corrected chi connectivity index (χ2v) is 8.68. The van der Waals surface area contributed by atoms with Crippen LogP contribution in [-0.4, -0.2) is 27.5 Å². The van der Waals surface area contributed by atoms with E-state index >= 15 is 0 Å². The van der Waals surface area contributed by atoms with Crippen molar-refractivity contribution in [3.8, 4) is 5.75 Å². The highest BCUT2D eigenvalue weighted by Gasteiger charge is 2.17. The summed E-state index contributed by atoms with van der Waals surface area (Å²) >= 11 is 0. The lowest BCUT2D eigenvalue weighted by Crippen LogP contribution is -2.29. The summed E-state index contributed by atoms with van der Waals surface area (Å²) in [5, 5.41) is 2.81. The van der Waals surface area contributed by atoms with Crippen LogP contribution in [0, 0.1) is 6.92 Å². The summed E-state index contributed by atoms with van der Waals surface area (Å²) in [5.41, 5.74) is 2.55. The number of benzene rings is 3. The van der Waals surface area contributed by atoms with Crippen molar-refractivity contribution in [3.05, 3.63) is 89.5 Å². The van der Waals surface area contributed by atoms with Crippen LogP contribution in [0.1, 0.15) is 28.4 Å². The summed E-state index contributed by atoms with van der Waals surface area (Å²) in [6.45, 7) is 4.46. The van der Waals surface area contributed by atoms with Gasteiger partial charge in [0.05, 0.1) is 17.1 Å². The van der Waals surface area contributed by atoms with Gasteiger partial charge in [0.2, 0.25) is 0 Å². The molecule has 2 N–H and O–H groups in total. The Balaban J connectivity index is 1.60. The molecule has 0 bridgehead atoms. The number of amides is 1. The molecule has 0 atom stereocenters. The van der Waals surface area contributed by atoms with Crippen molar-refractivity contribution in [2.45, 2.75) is 25.2 Å². The number of aryl methyl sites for hydroxylation is 1. The van der Waals surface area contributed by atoms with Gasteiger partial charge in [-0.1, -0.05) is 43.3 Å². The molecule has 0 fully saturated rings. The first kappa shape index (κ1) is 22.4. The van der Waals surface area contributed by atoms with Crippen molar-refractivity contribution in [2.75, 3.05) is 17.9 Å². The van der Waals surface area contributed by atoms with E-state index in [0.29, 0.717) is 30.0 Å². The largest absolute Gasteiger partial charge is 0.492 e. The van der Waals surface area contributed by atoms with Crippen molar-refractivity contribution < 1.29 is 17.9 Å². The average molecular weight is 439 g/mol. The predicted octanol–water partition coefficient (Wildman–Crippen LogP) is 4.17. The lowest BCUT2D eigenvalue weighted by atomic mass is 10.1. The van der Waals surface area contributed by atoms with Gasteiger partial charge in [0.25, 0.3) is 15.9 Å². The first-order chi connectivity index (χ1) is 14.9. The molecule has 0 aliphatic carbocycles. The molecule has 0 saturated heterocycles. The Hall–Kier alpha value is -3.32. The van der Waals surface area contributed by atoms with Gasteiger partial charge in [-0.15, -0.1) is 0 Å². The normalized spacial score (nSPS) is 11.0. The fourth-order valence-electron chi connectivity index (χ4n) is 3.05. The minimum atomic E-state index is -3.74. The molecule has 0 saturated carbocycles. The Morgan fingerprint density at radius 3 is 2.32 bits per heavy atom. The maximum Gasteiger partial charge on any atom is 0.261 e. The van der Waals surface area contributed by atoms with Gasteiger partial charge in [0.15, 0.2) is 0 Å². The molecule has 1 amide bonds. The van der Waals surface area contributed by atoms with Crippen molar-refractivity contribution in [2.24, 2.45) is 0 Å². The molecular formula is C24H26N2O4S. The summed E-state index contributed by atoms with van der Waals surface area (Å²) in [6, 6.07) is 20.9. The Kier molecular flexibility index (Phi) is 7.31. The molecule has 0 spiro atoms. The van der Waals surface area contributed by atoms with Gasteiger partial charge in [-0.05, 0) is 60.9 Å². The third-order valence-corrected chi connectivity index (χ3v) is 6.25. The highest BCUT2D eigenvalue weighted by Crippen LogP contribution is 2.22. The SMILES string of the molecule is CCc1ccc(OCCNC(=O)c2cccc(NS(=O)(=O)c3ccccc3)c2C)cc1. The summed E-state index contributed by atoms with van der Waals surface area (Å²) in [5.74, 6) is 0.461. The standard InChI is InChI=1S/C24H26N2O4S/c1-3-19-12-14-20(15-13-19)30-17-16-25-24(27)22-10-7-11-23(18(22)2)26-31(28,29)21-8-5-4-6-9-21/h4-15,26H,3,16-17H2,1-2H3,(H,25,27). The van der Waals surface area contributed by atoms with Crippen molar-refractivity contribution in [1.29, 1.82) is 0 Å². The Morgan fingerprint density at radius 1 is 0.935 bits per heavy atom. The molecule has 0 aromatic heterocycles. The second-order valence-electron chi connectivity index (χ2n) is 7.00. The van der Waals surface area contributed by atoms with Gasteiger partial charge < -0.3 is 10.1 Å². The van der Waals surface area contributed by atoms with Crippen LogP contribution in [0.3, 0.4) is 0 Å². The Morgan fingerprint density at radius 2 is 1.65 bits per heavy atom. The fraction of sp³-hybridized carbons (Fsp3) is 0.208. The molecule has 3 aromatic rings. The lowest BCUT2D eigenvalue weighted by Gasteiger charge is -2.14. The monoisotopic (exact) mass is 438 g/mol. The highest BCUT2D eigenvalue weighted by atomic mass is 32.2. The maximum atomic E-state index is 12.6. The molecule has 3 aromatic carbocycles. The summed E-state index contributed by atoms with van der Waals surface area (Å²) < 4.78 is 33.4. The van der Waals surface area contributed by atoms with Crippen LogP contribution in [0.25, 0.3) is 0 Å². The van der Waals surface area contributed by atoms with Crippen molar-refractivity contribution in [1.82, 2.24) is 5.32 Å². The van der Waals surface area contributed by atoms with E-state index in [0.717, 1.165) is 12.2 Å². The number of carbonyl (C=O) groups excluding carboxylic acids is 1. The number of hydrogen-bond acceptors (Lipinski definition) is 4. The first-order valence-electron chi connectivity index (χ1n) is 10.1. The number of nitrogens with one attached hydrogen (secondary N) is 2. The van der Waals surface area contributed by atoms with E-state index in [-0.39, 0.29) is 10.8 Å². The third kappa shape index (κ3) is 5.86. The molecule has 3 rings (SSSR count). The van der Waals surface area contributed by atoms with Crippen LogP contribution in [0.5, 0.6) is 5.75 Å². The zero-order valence-corrected chi connectivity index (χ0v) is 18.4. The fourth-order valence-corrected chi connectivity index (χ4v) is 4.19. The molecule has 31 heavy (non-hydrogen) atoms. The Bertz CT molecular complexity index is 1130. The van der Waals surface area contributed by atoms with Gasteiger partial charge in [-0.3, -0.25) is 9.52 Å². The molecular weight excluding hydrogens is 412 g/mol. The molecule has 0 aliphatic heterocycles. The smallest absolute Gasteiger partial charge is 0.261 e. The van der Waals surface area contributed by atoms with Crippen LogP contribution in [-0.2, 0) is 16.4 Å². The van der Waals surface area contributed by atoms with E-state index in [2.05, 4.69) is 17.0 Å².